The molecule has 5 heteroatoms. The zero-order chi connectivity index (χ0) is 23.8. The highest BCUT2D eigenvalue weighted by atomic mass is 28.4. The maximum Gasteiger partial charge on any atom is 0.305 e. The van der Waals surface area contributed by atoms with Gasteiger partial charge in [0, 0.05) is 6.42 Å². The summed E-state index contributed by atoms with van der Waals surface area (Å²) in [7, 11) is -1.18. The molecule has 2 aromatic carbocycles. The number of unbranched alkanes of at least 4 members (excludes halogenated alkanes) is 1. The lowest BCUT2D eigenvalue weighted by Gasteiger charge is -2.34. The third-order valence-corrected chi connectivity index (χ3v) is 9.88. The van der Waals surface area contributed by atoms with Crippen LogP contribution in [0.5, 0.6) is 0 Å². The Kier molecular flexibility index (Phi) is 12.2. The van der Waals surface area contributed by atoms with Gasteiger partial charge in [-0.1, -0.05) is 105 Å². The normalized spacial score (nSPS) is 12.8. The number of esters is 1. The first-order chi connectivity index (χ1) is 16.2. The Morgan fingerprint density at radius 2 is 1.55 bits per heavy atom. The molecular formula is C28H36O4Si. The van der Waals surface area contributed by atoms with Gasteiger partial charge in [0.1, 0.15) is 12.4 Å². The molecule has 0 saturated heterocycles. The van der Waals surface area contributed by atoms with Crippen molar-refractivity contribution in [1.82, 2.24) is 0 Å². The quantitative estimate of drug-likeness (QED) is 0.161. The first-order valence-electron chi connectivity index (χ1n) is 11.8. The van der Waals surface area contributed by atoms with Gasteiger partial charge in [-0.25, -0.2) is 0 Å². The molecule has 0 bridgehead atoms. The van der Waals surface area contributed by atoms with E-state index in [9.17, 15) is 9.59 Å². The minimum Gasteiger partial charge on any atom is -0.469 e. The molecule has 33 heavy (non-hydrogen) atoms. The van der Waals surface area contributed by atoms with Crippen molar-refractivity contribution in [2.75, 3.05) is 7.11 Å². The third-order valence-electron chi connectivity index (χ3n) is 5.58. The Hall–Kier alpha value is -2.76. The summed E-state index contributed by atoms with van der Waals surface area (Å²) in [6.07, 6.45) is 13.0. The van der Waals surface area contributed by atoms with E-state index in [4.69, 9.17) is 4.43 Å². The standard InChI is InChI=1S/C28H36O4Si/c1-3-4-23-33(26-18-12-9-13-19-26,27-20-14-10-15-21-27)32-25(24-29)17-11-7-5-6-8-16-22-28(30)31-2/h6-15,18-21,24-25H,3-5,16-17,22-23H2,1-2H3/b8-6-,11-7-/t25-/m1/s1. The van der Waals surface area contributed by atoms with E-state index >= 15 is 0 Å². The van der Waals surface area contributed by atoms with E-state index in [0.717, 1.165) is 31.6 Å². The van der Waals surface area contributed by atoms with Crippen molar-refractivity contribution in [3.63, 3.8) is 0 Å². The zero-order valence-electron chi connectivity index (χ0n) is 19.8. The number of benzene rings is 2. The monoisotopic (exact) mass is 464 g/mol. The van der Waals surface area contributed by atoms with Crippen LogP contribution < -0.4 is 10.4 Å². The Morgan fingerprint density at radius 3 is 2.09 bits per heavy atom. The lowest BCUT2D eigenvalue weighted by Crippen LogP contribution is -2.62. The number of rotatable bonds is 15. The van der Waals surface area contributed by atoms with Crippen molar-refractivity contribution in [3.05, 3.63) is 85.0 Å². The van der Waals surface area contributed by atoms with Gasteiger partial charge in [0.05, 0.1) is 7.11 Å². The van der Waals surface area contributed by atoms with E-state index in [1.54, 1.807) is 0 Å². The second-order valence-corrected chi connectivity index (χ2v) is 11.5. The van der Waals surface area contributed by atoms with Crippen LogP contribution in [0.4, 0.5) is 0 Å². The second-order valence-electron chi connectivity index (χ2n) is 7.98. The summed E-state index contributed by atoms with van der Waals surface area (Å²) in [6, 6.07) is 21.8. The van der Waals surface area contributed by atoms with Gasteiger partial charge in [-0.3, -0.25) is 4.79 Å². The fourth-order valence-corrected chi connectivity index (χ4v) is 8.09. The predicted molar refractivity (Wildman–Crippen MR) is 137 cm³/mol. The van der Waals surface area contributed by atoms with Crippen molar-refractivity contribution in [3.8, 4) is 0 Å². The van der Waals surface area contributed by atoms with Crippen LogP contribution in [0.25, 0.3) is 0 Å². The molecule has 0 aromatic heterocycles. The molecule has 0 unspecified atom stereocenters. The predicted octanol–water partition coefficient (Wildman–Crippen LogP) is 4.98. The zero-order valence-corrected chi connectivity index (χ0v) is 20.8. The lowest BCUT2D eigenvalue weighted by molar-refractivity contribution is -0.140. The number of carbonyl (C=O) groups is 2. The number of carbonyl (C=O) groups excluding carboxylic acids is 2. The van der Waals surface area contributed by atoms with Crippen LogP contribution in [0.2, 0.25) is 6.04 Å². The SMILES string of the molecule is CCCC[Si](O[C@@H](C=O)C/C=C\C/C=C\CCC(=O)OC)(c1ccccc1)c1ccccc1. The van der Waals surface area contributed by atoms with Crippen molar-refractivity contribution in [1.29, 1.82) is 0 Å². The number of ether oxygens (including phenoxy) is 1. The molecule has 0 amide bonds. The minimum atomic E-state index is -2.58. The Balaban J connectivity index is 2.13. The van der Waals surface area contributed by atoms with Crippen LogP contribution in [-0.2, 0) is 18.8 Å². The van der Waals surface area contributed by atoms with Crippen LogP contribution in [0, 0.1) is 0 Å². The number of methoxy groups -OCH3 is 1. The van der Waals surface area contributed by atoms with Crippen molar-refractivity contribution in [2.45, 2.75) is 57.6 Å². The van der Waals surface area contributed by atoms with Crippen LogP contribution in [-0.4, -0.2) is 33.8 Å². The number of allylic oxidation sites excluding steroid dienone is 3. The first-order valence-corrected chi connectivity index (χ1v) is 13.9. The maximum absolute atomic E-state index is 12.0. The van der Waals surface area contributed by atoms with Gasteiger partial charge >= 0.3 is 5.97 Å². The molecule has 0 radical (unpaired) electrons. The Labute approximate surface area is 199 Å². The summed E-state index contributed by atoms with van der Waals surface area (Å²) < 4.78 is 11.4. The van der Waals surface area contributed by atoms with Gasteiger partial charge < -0.3 is 14.0 Å². The molecule has 0 spiro atoms. The van der Waals surface area contributed by atoms with Crippen LogP contribution >= 0.6 is 0 Å². The molecule has 4 nitrogen and oxygen atoms in total. The largest absolute Gasteiger partial charge is 0.469 e. The molecule has 0 fully saturated rings. The molecule has 0 saturated carbocycles. The highest BCUT2D eigenvalue weighted by molar-refractivity contribution is 6.97. The highest BCUT2D eigenvalue weighted by Crippen LogP contribution is 2.20. The third kappa shape index (κ3) is 8.59. The summed E-state index contributed by atoms with van der Waals surface area (Å²) in [5.74, 6) is -0.200. The molecule has 0 aliphatic heterocycles. The van der Waals surface area contributed by atoms with Gasteiger partial charge in [0.25, 0.3) is 8.32 Å². The number of hydrogen-bond acceptors (Lipinski definition) is 4. The fraction of sp³-hybridized carbons (Fsp3) is 0.357. The highest BCUT2D eigenvalue weighted by Gasteiger charge is 2.40. The van der Waals surface area contributed by atoms with E-state index in [1.165, 1.54) is 17.5 Å². The van der Waals surface area contributed by atoms with Gasteiger partial charge in [0.2, 0.25) is 0 Å². The van der Waals surface area contributed by atoms with Crippen molar-refractivity contribution < 1.29 is 18.8 Å². The van der Waals surface area contributed by atoms with Crippen LogP contribution in [0.3, 0.4) is 0 Å². The maximum atomic E-state index is 12.0. The van der Waals surface area contributed by atoms with Crippen LogP contribution in [0.15, 0.2) is 85.0 Å². The topological polar surface area (TPSA) is 52.6 Å². The van der Waals surface area contributed by atoms with E-state index in [0.29, 0.717) is 19.3 Å². The fourth-order valence-electron chi connectivity index (χ4n) is 3.80. The van der Waals surface area contributed by atoms with Gasteiger partial charge in [-0.15, -0.1) is 0 Å². The van der Waals surface area contributed by atoms with Crippen molar-refractivity contribution in [2.24, 2.45) is 0 Å². The number of hydrogen-bond donors (Lipinski definition) is 0. The van der Waals surface area contributed by atoms with Gasteiger partial charge in [-0.2, -0.15) is 0 Å². The summed E-state index contributed by atoms with van der Waals surface area (Å²) >= 11 is 0. The molecule has 1 atom stereocenters. The Morgan fingerprint density at radius 1 is 0.939 bits per heavy atom. The Bertz CT molecular complexity index is 838. The molecule has 0 heterocycles. The second kappa shape index (κ2) is 15.1. The number of aldehydes is 1. The minimum absolute atomic E-state index is 0.200. The van der Waals surface area contributed by atoms with E-state index in [-0.39, 0.29) is 5.97 Å². The van der Waals surface area contributed by atoms with Crippen LogP contribution in [0.1, 0.15) is 45.4 Å². The molecule has 0 aliphatic rings. The summed E-state index contributed by atoms with van der Waals surface area (Å²) in [6.45, 7) is 2.19. The molecule has 176 valence electrons. The summed E-state index contributed by atoms with van der Waals surface area (Å²) in [5.41, 5.74) is 0. The van der Waals surface area contributed by atoms with Crippen molar-refractivity contribution >= 4 is 30.9 Å². The molecule has 2 rings (SSSR count). The van der Waals surface area contributed by atoms with Gasteiger partial charge in [-0.05, 0) is 35.7 Å². The first kappa shape index (κ1) is 26.5. The van der Waals surface area contributed by atoms with E-state index < -0.39 is 14.4 Å². The van der Waals surface area contributed by atoms with E-state index in [2.05, 4.69) is 60.2 Å². The molecule has 2 aromatic rings. The van der Waals surface area contributed by atoms with Gasteiger partial charge in [0.15, 0.2) is 0 Å². The molecule has 0 N–H and O–H groups in total. The average Bonchev–Trinajstić information content (AvgIpc) is 2.87. The smallest absolute Gasteiger partial charge is 0.305 e. The molecular weight excluding hydrogens is 428 g/mol. The average molecular weight is 465 g/mol. The summed E-state index contributed by atoms with van der Waals surface area (Å²) in [5, 5.41) is 2.41. The van der Waals surface area contributed by atoms with E-state index in [1.807, 2.05) is 36.4 Å². The lowest BCUT2D eigenvalue weighted by atomic mass is 10.2. The molecule has 0 aliphatic carbocycles. The summed E-state index contributed by atoms with van der Waals surface area (Å²) in [4.78, 5) is 23.1.